The van der Waals surface area contributed by atoms with Crippen LogP contribution in [-0.2, 0) is 9.47 Å². The molecule has 0 bridgehead atoms. The van der Waals surface area contributed by atoms with Crippen LogP contribution in [0.2, 0.25) is 0 Å². The van der Waals surface area contributed by atoms with Crippen molar-refractivity contribution in [2.75, 3.05) is 33.9 Å². The zero-order valence-corrected chi connectivity index (χ0v) is 19.2. The van der Waals surface area contributed by atoms with E-state index in [1.165, 1.54) is 0 Å². The number of hydrogen-bond acceptors (Lipinski definition) is 4. The smallest absolute Gasteiger partial charge is 0.408 e. The lowest BCUT2D eigenvalue weighted by Crippen LogP contribution is -2.54. The molecule has 0 aliphatic heterocycles. The molecule has 8 heteroatoms. The fraction of sp³-hybridized carbons (Fsp3) is 0.882. The highest BCUT2D eigenvalue weighted by atomic mass is 127. The average molecular weight is 472 g/mol. The molecular formula is C17H37IN4O3. The normalized spacial score (nSPS) is 12.2. The Labute approximate surface area is 170 Å². The monoisotopic (exact) mass is 472 g/mol. The summed E-state index contributed by atoms with van der Waals surface area (Å²) < 4.78 is 10.3. The van der Waals surface area contributed by atoms with Crippen LogP contribution in [0.5, 0.6) is 0 Å². The van der Waals surface area contributed by atoms with Gasteiger partial charge in [-0.1, -0.05) is 0 Å². The number of aliphatic imine (C=N–C) groups is 1. The molecule has 0 aliphatic carbocycles. The van der Waals surface area contributed by atoms with Crippen LogP contribution in [0.15, 0.2) is 4.99 Å². The molecule has 1 amide bonds. The van der Waals surface area contributed by atoms with Crippen molar-refractivity contribution in [3.63, 3.8) is 0 Å². The number of halogens is 1. The predicted octanol–water partition coefficient (Wildman–Crippen LogP) is 2.89. The van der Waals surface area contributed by atoms with E-state index in [1.807, 2.05) is 34.6 Å². The number of rotatable bonds is 9. The topological polar surface area (TPSA) is 84.0 Å². The van der Waals surface area contributed by atoms with Gasteiger partial charge in [0.15, 0.2) is 5.96 Å². The molecule has 0 radical (unpaired) electrons. The maximum absolute atomic E-state index is 11.9. The Hall–Kier alpha value is -0.770. The number of methoxy groups -OCH3 is 1. The highest BCUT2D eigenvalue weighted by molar-refractivity contribution is 14.0. The predicted molar refractivity (Wildman–Crippen MR) is 114 cm³/mol. The highest BCUT2D eigenvalue weighted by Gasteiger charge is 2.24. The number of carbonyl (C=O) groups excluding carboxylic acids is 1. The van der Waals surface area contributed by atoms with Gasteiger partial charge in [-0.2, -0.15) is 0 Å². The minimum absolute atomic E-state index is 0. The Balaban J connectivity index is 0. The lowest BCUT2D eigenvalue weighted by molar-refractivity contribution is 0.0474. The van der Waals surface area contributed by atoms with Crippen LogP contribution < -0.4 is 16.0 Å². The maximum atomic E-state index is 11.9. The van der Waals surface area contributed by atoms with Crippen molar-refractivity contribution < 1.29 is 14.3 Å². The van der Waals surface area contributed by atoms with Crippen LogP contribution in [0, 0.1) is 0 Å². The number of ether oxygens (including phenoxy) is 2. The molecule has 0 aromatic carbocycles. The first-order valence-electron chi connectivity index (χ1n) is 8.54. The molecule has 0 rings (SSSR count). The van der Waals surface area contributed by atoms with E-state index < -0.39 is 17.2 Å². The number of nitrogens with zero attached hydrogens (tertiary/aromatic N) is 1. The third-order valence-electron chi connectivity index (χ3n) is 3.08. The van der Waals surface area contributed by atoms with Crippen LogP contribution in [0.1, 0.15) is 53.9 Å². The summed E-state index contributed by atoms with van der Waals surface area (Å²) in [7, 11) is 3.45. The first-order chi connectivity index (χ1) is 11.1. The largest absolute Gasteiger partial charge is 0.444 e. The number of amides is 1. The number of hydrogen-bond donors (Lipinski definition) is 3. The zero-order valence-electron chi connectivity index (χ0n) is 16.8. The summed E-state index contributed by atoms with van der Waals surface area (Å²) in [5.41, 5.74) is -0.966. The van der Waals surface area contributed by atoms with Gasteiger partial charge < -0.3 is 25.4 Å². The van der Waals surface area contributed by atoms with E-state index in [9.17, 15) is 4.79 Å². The Bertz CT molecular complexity index is 396. The second-order valence-corrected chi connectivity index (χ2v) is 7.42. The lowest BCUT2D eigenvalue weighted by atomic mass is 10.1. The van der Waals surface area contributed by atoms with Gasteiger partial charge in [0.05, 0.1) is 5.54 Å². The summed E-state index contributed by atoms with van der Waals surface area (Å²) in [6.45, 7) is 11.6. The fourth-order valence-electron chi connectivity index (χ4n) is 1.90. The summed E-state index contributed by atoms with van der Waals surface area (Å²) >= 11 is 0. The van der Waals surface area contributed by atoms with Crippen molar-refractivity contribution in [2.45, 2.75) is 65.0 Å². The number of guanidine groups is 1. The van der Waals surface area contributed by atoms with E-state index in [0.29, 0.717) is 6.54 Å². The Morgan fingerprint density at radius 3 is 2.20 bits per heavy atom. The van der Waals surface area contributed by atoms with Crippen molar-refractivity contribution in [1.29, 1.82) is 0 Å². The third kappa shape index (κ3) is 16.4. The van der Waals surface area contributed by atoms with Crippen molar-refractivity contribution in [3.8, 4) is 0 Å². The number of carbonyl (C=O) groups is 1. The first kappa shape index (κ1) is 26.5. The quantitative estimate of drug-likeness (QED) is 0.208. The molecule has 0 saturated carbocycles. The number of nitrogens with one attached hydrogen (secondary N) is 3. The van der Waals surface area contributed by atoms with Crippen molar-refractivity contribution >= 4 is 36.0 Å². The van der Waals surface area contributed by atoms with Gasteiger partial charge in [0, 0.05) is 33.9 Å². The van der Waals surface area contributed by atoms with Gasteiger partial charge >= 0.3 is 6.09 Å². The lowest BCUT2D eigenvalue weighted by Gasteiger charge is -2.29. The molecule has 0 saturated heterocycles. The van der Waals surface area contributed by atoms with E-state index in [2.05, 4.69) is 20.9 Å². The molecule has 0 atom stereocenters. The van der Waals surface area contributed by atoms with E-state index in [4.69, 9.17) is 9.47 Å². The molecule has 0 aliphatic rings. The van der Waals surface area contributed by atoms with Crippen molar-refractivity contribution in [3.05, 3.63) is 0 Å². The average Bonchev–Trinajstić information content (AvgIpc) is 2.43. The molecule has 0 unspecified atom stereocenters. The van der Waals surface area contributed by atoms with E-state index in [-0.39, 0.29) is 24.0 Å². The van der Waals surface area contributed by atoms with E-state index in [0.717, 1.165) is 38.4 Å². The molecule has 7 nitrogen and oxygen atoms in total. The molecule has 25 heavy (non-hydrogen) atoms. The summed E-state index contributed by atoms with van der Waals surface area (Å²) in [6, 6.07) is 0. The van der Waals surface area contributed by atoms with E-state index in [1.54, 1.807) is 14.2 Å². The van der Waals surface area contributed by atoms with Crippen molar-refractivity contribution in [2.24, 2.45) is 4.99 Å². The SMILES string of the molecule is CN=C(NCCCCCOC)NCC(C)(C)NC(=O)OC(C)(C)C.I. The fourth-order valence-corrected chi connectivity index (χ4v) is 1.90. The number of unbranched alkanes of at least 4 members (excludes halogenated alkanes) is 2. The van der Waals surface area contributed by atoms with Gasteiger partial charge in [0.1, 0.15) is 5.60 Å². The molecule has 0 aromatic rings. The first-order valence-corrected chi connectivity index (χ1v) is 8.54. The molecule has 3 N–H and O–H groups in total. The highest BCUT2D eigenvalue weighted by Crippen LogP contribution is 2.09. The third-order valence-corrected chi connectivity index (χ3v) is 3.08. The van der Waals surface area contributed by atoms with Gasteiger partial charge in [-0.25, -0.2) is 4.79 Å². The van der Waals surface area contributed by atoms with Crippen LogP contribution in [0.4, 0.5) is 4.79 Å². The Morgan fingerprint density at radius 1 is 1.04 bits per heavy atom. The number of alkyl carbamates (subject to hydrolysis) is 1. The second-order valence-electron chi connectivity index (χ2n) is 7.42. The van der Waals surface area contributed by atoms with Crippen molar-refractivity contribution in [1.82, 2.24) is 16.0 Å². The molecule has 150 valence electrons. The van der Waals surface area contributed by atoms with E-state index >= 15 is 0 Å². The molecular weight excluding hydrogens is 435 g/mol. The molecule has 0 aromatic heterocycles. The molecule has 0 spiro atoms. The molecule has 0 fully saturated rings. The van der Waals surface area contributed by atoms with Crippen LogP contribution in [0.25, 0.3) is 0 Å². The summed E-state index contributed by atoms with van der Waals surface area (Å²) in [5, 5.41) is 9.35. The van der Waals surface area contributed by atoms with Crippen LogP contribution in [0.3, 0.4) is 0 Å². The summed E-state index contributed by atoms with van der Waals surface area (Å²) in [6.07, 6.45) is 2.82. The zero-order chi connectivity index (χ0) is 18.6. The van der Waals surface area contributed by atoms with Crippen LogP contribution in [-0.4, -0.2) is 57.0 Å². The van der Waals surface area contributed by atoms with Crippen LogP contribution >= 0.6 is 24.0 Å². The maximum Gasteiger partial charge on any atom is 0.408 e. The minimum atomic E-state index is -0.506. The van der Waals surface area contributed by atoms with Gasteiger partial charge in [-0.15, -0.1) is 24.0 Å². The molecule has 0 heterocycles. The Kier molecular flexibility index (Phi) is 14.2. The van der Waals surface area contributed by atoms with Gasteiger partial charge in [0.2, 0.25) is 0 Å². The van der Waals surface area contributed by atoms with Gasteiger partial charge in [-0.3, -0.25) is 4.99 Å². The Morgan fingerprint density at radius 2 is 1.68 bits per heavy atom. The second kappa shape index (κ2) is 13.4. The summed E-state index contributed by atoms with van der Waals surface area (Å²) in [5.74, 6) is 0.723. The van der Waals surface area contributed by atoms with Gasteiger partial charge in [-0.05, 0) is 53.9 Å². The standard InChI is InChI=1S/C17H36N4O3.HI/c1-16(2,3)24-15(22)21-17(4,5)13-20-14(18-6)19-11-9-8-10-12-23-7;/h8-13H2,1-7H3,(H,21,22)(H2,18,19,20);1H. The van der Waals surface area contributed by atoms with Gasteiger partial charge in [0.25, 0.3) is 0 Å². The minimum Gasteiger partial charge on any atom is -0.444 e. The summed E-state index contributed by atoms with van der Waals surface area (Å²) in [4.78, 5) is 16.1.